The van der Waals surface area contributed by atoms with Crippen molar-refractivity contribution in [1.29, 1.82) is 0 Å². The zero-order chi connectivity index (χ0) is 15.1. The van der Waals surface area contributed by atoms with Gasteiger partial charge in [-0.2, -0.15) is 3.89 Å². The molecule has 3 N–H and O–H groups in total. The molecule has 2 rings (SSSR count). The minimum atomic E-state index is 0.0743. The first-order valence-electron chi connectivity index (χ1n) is 6.81. The van der Waals surface area contributed by atoms with Crippen LogP contribution in [0.2, 0.25) is 0 Å². The number of anilines is 1. The largest absolute Gasteiger partial charge is 0.382 e. The number of fused-ring (bicyclic) bond motifs is 1. The maximum atomic E-state index is 12.9. The van der Waals surface area contributed by atoms with Gasteiger partial charge in [0, 0.05) is 12.4 Å². The zero-order valence-electron chi connectivity index (χ0n) is 12.4. The fourth-order valence-corrected chi connectivity index (χ4v) is 2.45. The van der Waals surface area contributed by atoms with Gasteiger partial charge < -0.3 is 11.1 Å². The van der Waals surface area contributed by atoms with Gasteiger partial charge in [0.05, 0.1) is 6.04 Å². The Hall–Kier alpha value is -1.34. The number of halogens is 1. The third-order valence-corrected chi connectivity index (χ3v) is 3.32. The van der Waals surface area contributed by atoms with Gasteiger partial charge in [-0.05, 0) is 13.5 Å². The molecular weight excluding hydrogens is 277 g/mol. The number of aromatic nitrogens is 3. The minimum Gasteiger partial charge on any atom is -0.382 e. The van der Waals surface area contributed by atoms with Crippen molar-refractivity contribution >= 4 is 23.5 Å². The van der Waals surface area contributed by atoms with Gasteiger partial charge in [-0.3, -0.25) is 4.40 Å². The number of nitrogens with two attached hydrogens (primary N) is 1. The molecule has 20 heavy (non-hydrogen) atoms. The second-order valence-corrected chi connectivity index (χ2v) is 4.55. The van der Waals surface area contributed by atoms with Crippen LogP contribution in [0.3, 0.4) is 0 Å². The topological polar surface area (TPSA) is 68.2 Å². The molecule has 0 aromatic carbocycles. The second-order valence-electron chi connectivity index (χ2n) is 4.01. The third kappa shape index (κ3) is 3.21. The van der Waals surface area contributed by atoms with Gasteiger partial charge in [0.25, 0.3) is 0 Å². The van der Waals surface area contributed by atoms with Crippen LogP contribution in [0.4, 0.5) is 9.70 Å². The molecule has 5 nitrogen and oxygen atoms in total. The van der Waals surface area contributed by atoms with E-state index < -0.39 is 0 Å². The lowest BCUT2D eigenvalue weighted by Crippen LogP contribution is -2.19. The van der Waals surface area contributed by atoms with Crippen molar-refractivity contribution in [2.75, 3.05) is 12.8 Å². The summed E-state index contributed by atoms with van der Waals surface area (Å²) in [7, 11) is 1.87. The van der Waals surface area contributed by atoms with Crippen molar-refractivity contribution in [3.8, 4) is 0 Å². The fraction of sp³-hybridized carbons (Fsp3) is 0.538. The summed E-state index contributed by atoms with van der Waals surface area (Å²) in [5, 5.41) is 3.46. The average Bonchev–Trinajstić information content (AvgIpc) is 2.87. The molecule has 2 heterocycles. The molecular formula is C13H22FN5S. The first-order chi connectivity index (χ1) is 9.72. The Bertz CT molecular complexity index is 543. The highest BCUT2D eigenvalue weighted by atomic mass is 32.2. The summed E-state index contributed by atoms with van der Waals surface area (Å²) in [5.41, 5.74) is 6.33. The van der Waals surface area contributed by atoms with Crippen LogP contribution in [0.25, 0.3) is 5.52 Å². The van der Waals surface area contributed by atoms with Crippen LogP contribution in [-0.2, 0) is 0 Å². The van der Waals surface area contributed by atoms with Gasteiger partial charge >= 0.3 is 0 Å². The van der Waals surface area contributed by atoms with Gasteiger partial charge in [-0.25, -0.2) is 9.97 Å². The number of hydrogen-bond acceptors (Lipinski definition) is 5. The van der Waals surface area contributed by atoms with E-state index >= 15 is 0 Å². The molecule has 0 radical (unpaired) electrons. The molecule has 1 atom stereocenters. The molecule has 0 saturated carbocycles. The molecule has 0 aliphatic carbocycles. The number of hydrogen-bond donors (Lipinski definition) is 2. The number of nitrogens with one attached hydrogen (secondary N) is 1. The van der Waals surface area contributed by atoms with E-state index in [2.05, 4.69) is 22.2 Å². The summed E-state index contributed by atoms with van der Waals surface area (Å²) in [5.74, 6) is 1.06. The normalized spacial score (nSPS) is 12.1. The average molecular weight is 299 g/mol. The zero-order valence-corrected chi connectivity index (χ0v) is 13.2. The first kappa shape index (κ1) is 16.7. The van der Waals surface area contributed by atoms with Gasteiger partial charge in [-0.1, -0.05) is 27.2 Å². The van der Waals surface area contributed by atoms with Gasteiger partial charge in [0.1, 0.15) is 23.5 Å². The minimum absolute atomic E-state index is 0.0743. The molecule has 112 valence electrons. The lowest BCUT2D eigenvalue weighted by atomic mass is 10.1. The summed E-state index contributed by atoms with van der Waals surface area (Å²) in [4.78, 5) is 8.30. The van der Waals surface area contributed by atoms with Gasteiger partial charge in [0.2, 0.25) is 0 Å². The van der Waals surface area contributed by atoms with E-state index in [1.165, 1.54) is 0 Å². The van der Waals surface area contributed by atoms with Crippen LogP contribution >= 0.6 is 12.1 Å². The number of nitrogen functional groups attached to an aromatic ring is 1. The lowest BCUT2D eigenvalue weighted by Gasteiger charge is -2.13. The summed E-state index contributed by atoms with van der Waals surface area (Å²) < 4.78 is 14.7. The van der Waals surface area contributed by atoms with E-state index in [9.17, 15) is 3.89 Å². The molecule has 7 heteroatoms. The maximum Gasteiger partial charge on any atom is 0.159 e. The quantitative estimate of drug-likeness (QED) is 0.886. The van der Waals surface area contributed by atoms with E-state index in [4.69, 9.17) is 5.73 Å². The lowest BCUT2D eigenvalue weighted by molar-refractivity contribution is 0.510. The van der Waals surface area contributed by atoms with Crippen molar-refractivity contribution in [3.63, 3.8) is 0 Å². The second kappa shape index (κ2) is 8.06. The Morgan fingerprint density at radius 2 is 2.20 bits per heavy atom. The van der Waals surface area contributed by atoms with Crippen LogP contribution in [0.15, 0.2) is 17.4 Å². The van der Waals surface area contributed by atoms with Crippen molar-refractivity contribution in [1.82, 2.24) is 19.7 Å². The third-order valence-electron chi connectivity index (χ3n) is 2.89. The molecule has 0 aliphatic rings. The monoisotopic (exact) mass is 299 g/mol. The van der Waals surface area contributed by atoms with Crippen LogP contribution in [-0.4, -0.2) is 21.4 Å². The summed E-state index contributed by atoms with van der Waals surface area (Å²) in [6, 6.07) is 0.0743. The van der Waals surface area contributed by atoms with Crippen molar-refractivity contribution in [2.24, 2.45) is 0 Å². The van der Waals surface area contributed by atoms with Crippen LogP contribution in [0, 0.1) is 0 Å². The van der Waals surface area contributed by atoms with Gasteiger partial charge in [0.15, 0.2) is 10.8 Å². The van der Waals surface area contributed by atoms with Crippen molar-refractivity contribution < 1.29 is 3.89 Å². The highest BCUT2D eigenvalue weighted by Gasteiger charge is 2.20. The first-order valence-corrected chi connectivity index (χ1v) is 7.52. The molecule has 2 aromatic heterocycles. The number of imidazole rings is 1. The van der Waals surface area contributed by atoms with E-state index in [0.717, 1.165) is 18.7 Å². The molecule has 0 bridgehead atoms. The molecule has 0 fully saturated rings. The summed E-state index contributed by atoms with van der Waals surface area (Å²) in [6.45, 7) is 6.10. The fourth-order valence-electron chi connectivity index (χ4n) is 2.04. The van der Waals surface area contributed by atoms with E-state index in [-0.39, 0.29) is 23.2 Å². The van der Waals surface area contributed by atoms with Crippen molar-refractivity contribution in [2.45, 2.75) is 44.7 Å². The highest BCUT2D eigenvalue weighted by molar-refractivity contribution is 7.94. The van der Waals surface area contributed by atoms with Crippen LogP contribution < -0.4 is 11.1 Å². The highest BCUT2D eigenvalue weighted by Crippen LogP contribution is 2.30. The summed E-state index contributed by atoms with van der Waals surface area (Å²) >= 11 is 0.0995. The number of rotatable bonds is 5. The predicted octanol–water partition coefficient (Wildman–Crippen LogP) is 3.37. The van der Waals surface area contributed by atoms with Gasteiger partial charge in [-0.15, -0.1) is 0 Å². The van der Waals surface area contributed by atoms with Crippen molar-refractivity contribution in [3.05, 3.63) is 18.2 Å². The van der Waals surface area contributed by atoms with E-state index in [1.54, 1.807) is 16.8 Å². The Morgan fingerprint density at radius 1 is 1.50 bits per heavy atom. The molecule has 2 aromatic rings. The predicted molar refractivity (Wildman–Crippen MR) is 82.4 cm³/mol. The standard InChI is InChI=1S/C11H16FN5S.C2H6/c1-3-4-7(14-2)10-16-11(18-12)8-9(13)15-5-6-17(8)10;1-2/h5-7,14H,3-4H2,1-2H3,(H2,13,15);1-2H3/t7-;/m0./s1. The molecule has 0 spiro atoms. The smallest absolute Gasteiger partial charge is 0.159 e. The molecule has 0 aliphatic heterocycles. The van der Waals surface area contributed by atoms with E-state index in [1.807, 2.05) is 20.9 Å². The Labute approximate surface area is 123 Å². The SMILES string of the molecule is CC.CCC[C@H](NC)c1nc(SF)c2c(N)nccn12. The summed E-state index contributed by atoms with van der Waals surface area (Å²) in [6.07, 6.45) is 5.29. The van der Waals surface area contributed by atoms with E-state index in [0.29, 0.717) is 11.3 Å². The Morgan fingerprint density at radius 3 is 2.75 bits per heavy atom. The Balaban J connectivity index is 0.000000956. The van der Waals surface area contributed by atoms with Crippen LogP contribution in [0.1, 0.15) is 45.5 Å². The van der Waals surface area contributed by atoms with Crippen LogP contribution in [0.5, 0.6) is 0 Å². The molecule has 0 amide bonds. The molecule has 0 saturated heterocycles. The molecule has 0 unspecified atom stereocenters. The number of nitrogens with zero attached hydrogens (tertiary/aromatic N) is 3. The Kier molecular flexibility index (Phi) is 6.74. The maximum absolute atomic E-state index is 12.9.